The molecule has 7 nitrogen and oxygen atoms in total. The molecule has 0 spiro atoms. The summed E-state index contributed by atoms with van der Waals surface area (Å²) in [5.41, 5.74) is 3.17. The predicted octanol–water partition coefficient (Wildman–Crippen LogP) is 6.49. The van der Waals surface area contributed by atoms with Gasteiger partial charge in [0.15, 0.2) is 8.26 Å². The Morgan fingerprint density at radius 1 is 1.03 bits per heavy atom. The summed E-state index contributed by atoms with van der Waals surface area (Å²) in [5, 5.41) is 13.7. The normalized spacial score (nSPS) is 10.9. The fourth-order valence-corrected chi connectivity index (χ4v) is 6.77. The number of hydrogen-bond donors (Lipinski definition) is 1. The van der Waals surface area contributed by atoms with Gasteiger partial charge in [-0.2, -0.15) is 0 Å². The Hall–Kier alpha value is -2.60. The van der Waals surface area contributed by atoms with Crippen LogP contribution in [0.1, 0.15) is 26.6 Å². The van der Waals surface area contributed by atoms with Crippen LogP contribution >= 0.6 is 50.4 Å². The van der Waals surface area contributed by atoms with E-state index in [9.17, 15) is 14.9 Å². The van der Waals surface area contributed by atoms with Gasteiger partial charge in [-0.3, -0.25) is 14.9 Å². The number of hydrogen-bond acceptors (Lipinski definition) is 8. The molecular weight excluding hydrogens is 556 g/mol. The molecule has 1 N–H and O–H groups in total. The molecule has 34 heavy (non-hydrogen) atoms. The van der Waals surface area contributed by atoms with Gasteiger partial charge in [-0.1, -0.05) is 54.2 Å². The van der Waals surface area contributed by atoms with Crippen molar-refractivity contribution in [1.82, 2.24) is 9.97 Å². The first-order chi connectivity index (χ1) is 16.4. The molecule has 0 unspecified atom stereocenters. The first-order valence-electron chi connectivity index (χ1n) is 10.2. The number of aromatic nitrogens is 2. The highest BCUT2D eigenvalue weighted by molar-refractivity contribution is 9.11. The maximum atomic E-state index is 12.6. The maximum absolute atomic E-state index is 12.6. The third-order valence-corrected chi connectivity index (χ3v) is 8.66. The maximum Gasteiger partial charge on any atom is 0.269 e. The molecule has 0 atom stereocenters. The average Bonchev–Trinajstić information content (AvgIpc) is 3.34. The molecule has 0 aliphatic carbocycles. The van der Waals surface area contributed by atoms with E-state index in [1.807, 2.05) is 25.1 Å². The number of non-ortho nitro benzene ring substituents is 1. The van der Waals surface area contributed by atoms with E-state index in [0.29, 0.717) is 16.2 Å². The average molecular weight is 576 g/mol. The molecule has 2 aromatic heterocycles. The fourth-order valence-electron chi connectivity index (χ4n) is 3.17. The topological polar surface area (TPSA) is 98.0 Å². The van der Waals surface area contributed by atoms with Crippen LogP contribution in [0.5, 0.6) is 0 Å². The highest BCUT2D eigenvalue weighted by atomic mass is 79.9. The third kappa shape index (κ3) is 6.50. The summed E-state index contributed by atoms with van der Waals surface area (Å²) >= 11 is 7.83. The molecule has 174 valence electrons. The number of nitro groups is 1. The zero-order valence-corrected chi connectivity index (χ0v) is 22.0. The summed E-state index contributed by atoms with van der Waals surface area (Å²) in [4.78, 5) is 34.1. The lowest BCUT2D eigenvalue weighted by Crippen LogP contribution is -2.15. The number of benzene rings is 2. The molecule has 0 fully saturated rings. The minimum Gasteiger partial charge on any atom is -0.309 e. The van der Waals surface area contributed by atoms with Crippen LogP contribution in [0.3, 0.4) is 0 Å². The molecule has 2 heterocycles. The van der Waals surface area contributed by atoms with Crippen molar-refractivity contribution in [3.8, 4) is 0 Å². The van der Waals surface area contributed by atoms with Crippen LogP contribution in [0.15, 0.2) is 62.9 Å². The van der Waals surface area contributed by atoms with E-state index in [2.05, 4.69) is 43.3 Å². The van der Waals surface area contributed by atoms with Gasteiger partial charge in [0, 0.05) is 29.9 Å². The number of carbonyl (C=O) groups is 1. The monoisotopic (exact) mass is 574 g/mol. The van der Waals surface area contributed by atoms with Crippen LogP contribution in [-0.4, -0.2) is 26.6 Å². The standard InChI is InChI=1S/C23H19BrN4O3S3/c1-14-18(11-15-5-3-2-4-6-15)34-23(25-14)32-13-20(29)26-21-19(33-22(24)27-21)12-16-7-9-17(10-8-16)28(30)31/h2-10H,11-13H2,1H3,(H,26,29). The van der Waals surface area contributed by atoms with E-state index in [0.717, 1.165) is 26.9 Å². The number of halogens is 1. The molecular formula is C23H19BrN4O3S3. The summed E-state index contributed by atoms with van der Waals surface area (Å²) < 4.78 is 1.53. The fraction of sp³-hybridized carbons (Fsp3) is 0.174. The van der Waals surface area contributed by atoms with Gasteiger partial charge in [-0.15, -0.1) is 22.7 Å². The van der Waals surface area contributed by atoms with E-state index in [1.54, 1.807) is 23.5 Å². The summed E-state index contributed by atoms with van der Waals surface area (Å²) in [6.07, 6.45) is 1.34. The quantitative estimate of drug-likeness (QED) is 0.139. The number of nitro benzene ring substituents is 1. The Labute approximate surface area is 217 Å². The largest absolute Gasteiger partial charge is 0.309 e. The smallest absolute Gasteiger partial charge is 0.269 e. The van der Waals surface area contributed by atoms with Crippen LogP contribution in [0.25, 0.3) is 0 Å². The highest BCUT2D eigenvalue weighted by Crippen LogP contribution is 2.31. The molecule has 0 bridgehead atoms. The highest BCUT2D eigenvalue weighted by Gasteiger charge is 2.16. The number of aryl methyl sites for hydroxylation is 1. The van der Waals surface area contributed by atoms with E-state index in [4.69, 9.17) is 0 Å². The molecule has 0 radical (unpaired) electrons. The summed E-state index contributed by atoms with van der Waals surface area (Å²) in [7, 11) is 0. The van der Waals surface area contributed by atoms with Crippen molar-refractivity contribution in [1.29, 1.82) is 0 Å². The van der Waals surface area contributed by atoms with Gasteiger partial charge in [0.05, 0.1) is 21.2 Å². The SMILES string of the molecule is Cc1nc(SCC(=O)Nc2nc(Br)sc2Cc2ccc([N+](=O)[O-])cc2)sc1Cc1ccccc1. The molecule has 11 heteroatoms. The number of thioether (sulfide) groups is 1. The second-order valence-electron chi connectivity index (χ2n) is 7.33. The number of carbonyl (C=O) groups excluding carboxylic acids is 1. The Bertz CT molecular complexity index is 1310. The van der Waals surface area contributed by atoms with Crippen molar-refractivity contribution < 1.29 is 9.72 Å². The van der Waals surface area contributed by atoms with Crippen molar-refractivity contribution in [2.45, 2.75) is 24.1 Å². The number of anilines is 1. The Balaban J connectivity index is 1.35. The van der Waals surface area contributed by atoms with Gasteiger partial charge in [0.25, 0.3) is 5.69 Å². The molecule has 4 aromatic rings. The van der Waals surface area contributed by atoms with E-state index in [1.165, 1.54) is 45.7 Å². The molecule has 4 rings (SSSR count). The van der Waals surface area contributed by atoms with Crippen LogP contribution < -0.4 is 5.32 Å². The zero-order valence-electron chi connectivity index (χ0n) is 18.0. The molecule has 0 saturated heterocycles. The zero-order chi connectivity index (χ0) is 24.1. The van der Waals surface area contributed by atoms with Crippen molar-refractivity contribution >= 4 is 67.8 Å². The second kappa shape index (κ2) is 11.2. The number of rotatable bonds is 9. The lowest BCUT2D eigenvalue weighted by molar-refractivity contribution is -0.384. The number of amides is 1. The van der Waals surface area contributed by atoms with E-state index < -0.39 is 4.92 Å². The third-order valence-electron chi connectivity index (χ3n) is 4.85. The van der Waals surface area contributed by atoms with Crippen molar-refractivity contribution in [2.24, 2.45) is 0 Å². The van der Waals surface area contributed by atoms with E-state index >= 15 is 0 Å². The van der Waals surface area contributed by atoms with Gasteiger partial charge in [-0.25, -0.2) is 9.97 Å². The Morgan fingerprint density at radius 2 is 1.71 bits per heavy atom. The van der Waals surface area contributed by atoms with Crippen LogP contribution in [0, 0.1) is 17.0 Å². The van der Waals surface area contributed by atoms with Gasteiger partial charge < -0.3 is 5.32 Å². The second-order valence-corrected chi connectivity index (χ2v) is 12.0. The molecule has 0 aliphatic rings. The Kier molecular flexibility index (Phi) is 8.09. The Morgan fingerprint density at radius 3 is 2.41 bits per heavy atom. The van der Waals surface area contributed by atoms with Crippen molar-refractivity contribution in [3.63, 3.8) is 0 Å². The molecule has 0 aliphatic heterocycles. The molecule has 0 saturated carbocycles. The number of nitrogens with zero attached hydrogens (tertiary/aromatic N) is 3. The van der Waals surface area contributed by atoms with Gasteiger partial charge in [0.2, 0.25) is 5.91 Å². The van der Waals surface area contributed by atoms with Crippen LogP contribution in [0.4, 0.5) is 11.5 Å². The van der Waals surface area contributed by atoms with E-state index in [-0.39, 0.29) is 17.3 Å². The van der Waals surface area contributed by atoms with Crippen molar-refractivity contribution in [3.05, 3.63) is 95.2 Å². The number of thiazole rings is 2. The summed E-state index contributed by atoms with van der Waals surface area (Å²) in [6, 6.07) is 16.6. The van der Waals surface area contributed by atoms with Gasteiger partial charge >= 0.3 is 0 Å². The molecule has 1 amide bonds. The summed E-state index contributed by atoms with van der Waals surface area (Å²) in [5.74, 6) is 0.565. The lowest BCUT2D eigenvalue weighted by Gasteiger charge is -2.05. The number of nitrogens with one attached hydrogen (secondary N) is 1. The lowest BCUT2D eigenvalue weighted by atomic mass is 10.1. The summed E-state index contributed by atoms with van der Waals surface area (Å²) in [6.45, 7) is 2.00. The van der Waals surface area contributed by atoms with Crippen molar-refractivity contribution in [2.75, 3.05) is 11.1 Å². The first kappa shape index (κ1) is 24.5. The van der Waals surface area contributed by atoms with Gasteiger partial charge in [0.1, 0.15) is 5.82 Å². The minimum atomic E-state index is -0.426. The van der Waals surface area contributed by atoms with Crippen LogP contribution in [0.2, 0.25) is 0 Å². The first-order valence-corrected chi connectivity index (χ1v) is 13.6. The van der Waals surface area contributed by atoms with Gasteiger partial charge in [-0.05, 0) is 34.0 Å². The predicted molar refractivity (Wildman–Crippen MR) is 141 cm³/mol. The molecule has 2 aromatic carbocycles. The van der Waals surface area contributed by atoms with Crippen LogP contribution in [-0.2, 0) is 17.6 Å². The minimum absolute atomic E-state index is 0.0455.